The molecule has 0 saturated carbocycles. The van der Waals surface area contributed by atoms with Gasteiger partial charge in [0.05, 0.1) is 12.0 Å². The topological polar surface area (TPSA) is 75.7 Å². The molecule has 0 fully saturated rings. The van der Waals surface area contributed by atoms with Gasteiger partial charge in [0.25, 0.3) is 15.9 Å². The highest BCUT2D eigenvalue weighted by Crippen LogP contribution is 2.19. The largest absolute Gasteiger partial charge is 0.322 e. The van der Waals surface area contributed by atoms with Gasteiger partial charge >= 0.3 is 0 Å². The number of benzene rings is 2. The number of amides is 1. The van der Waals surface area contributed by atoms with E-state index < -0.39 is 10.0 Å². The second-order valence-corrected chi connectivity index (χ2v) is 7.79. The number of hydroxylamine groups is 1. The maximum atomic E-state index is 12.4. The lowest BCUT2D eigenvalue weighted by molar-refractivity contribution is -0.0258. The molecule has 2 aromatic rings. The summed E-state index contributed by atoms with van der Waals surface area (Å²) in [5, 5.41) is 2.77. The zero-order chi connectivity index (χ0) is 18.6. The number of hydrogen-bond acceptors (Lipinski definition) is 4. The van der Waals surface area contributed by atoms with Crippen molar-refractivity contribution in [3.63, 3.8) is 0 Å². The SMILES string of the molecule is CON(C)S(=O)(=O)c1cccc(C(=O)Nc2ccc(C(C)C)cc2)c1. The molecule has 0 saturated heterocycles. The van der Waals surface area contributed by atoms with Gasteiger partial charge in [-0.3, -0.25) is 9.63 Å². The molecule has 0 aliphatic heterocycles. The molecule has 0 aliphatic carbocycles. The molecule has 0 unspecified atom stereocenters. The molecule has 0 bridgehead atoms. The fraction of sp³-hybridized carbons (Fsp3) is 0.278. The van der Waals surface area contributed by atoms with Crippen LogP contribution in [0.3, 0.4) is 0 Å². The average molecular weight is 362 g/mol. The second kappa shape index (κ2) is 7.77. The normalized spacial score (nSPS) is 11.8. The Morgan fingerprint density at radius 3 is 2.32 bits per heavy atom. The first-order valence-corrected chi connectivity index (χ1v) is 9.24. The molecule has 0 aromatic heterocycles. The number of nitrogens with zero attached hydrogens (tertiary/aromatic N) is 1. The van der Waals surface area contributed by atoms with Gasteiger partial charge in [0.15, 0.2) is 0 Å². The Hall–Kier alpha value is -2.22. The second-order valence-electron chi connectivity index (χ2n) is 5.86. The maximum absolute atomic E-state index is 12.4. The molecule has 2 aromatic carbocycles. The molecule has 25 heavy (non-hydrogen) atoms. The summed E-state index contributed by atoms with van der Waals surface area (Å²) in [5.41, 5.74) is 2.07. The van der Waals surface area contributed by atoms with Gasteiger partial charge < -0.3 is 5.32 Å². The lowest BCUT2D eigenvalue weighted by Gasteiger charge is -2.14. The molecule has 7 heteroatoms. The van der Waals surface area contributed by atoms with Gasteiger partial charge in [-0.2, -0.15) is 0 Å². The summed E-state index contributed by atoms with van der Waals surface area (Å²) in [6, 6.07) is 13.4. The van der Waals surface area contributed by atoms with Crippen LogP contribution in [0.5, 0.6) is 0 Å². The third kappa shape index (κ3) is 4.45. The van der Waals surface area contributed by atoms with Crippen LogP contribution < -0.4 is 5.32 Å². The van der Waals surface area contributed by atoms with Crippen molar-refractivity contribution < 1.29 is 18.0 Å². The van der Waals surface area contributed by atoms with Crippen molar-refractivity contribution in [2.45, 2.75) is 24.7 Å². The summed E-state index contributed by atoms with van der Waals surface area (Å²) in [6.45, 7) is 4.19. The maximum Gasteiger partial charge on any atom is 0.264 e. The molecule has 1 N–H and O–H groups in total. The van der Waals surface area contributed by atoms with Crippen molar-refractivity contribution in [1.82, 2.24) is 4.47 Å². The molecule has 0 radical (unpaired) electrons. The Balaban J connectivity index is 2.21. The molecule has 0 spiro atoms. The number of anilines is 1. The molecule has 1 amide bonds. The number of sulfonamides is 1. The van der Waals surface area contributed by atoms with Crippen molar-refractivity contribution in [2.75, 3.05) is 19.5 Å². The van der Waals surface area contributed by atoms with E-state index in [1.807, 2.05) is 24.3 Å². The molecule has 0 aliphatic rings. The zero-order valence-corrected chi connectivity index (χ0v) is 15.5. The summed E-state index contributed by atoms with van der Waals surface area (Å²) < 4.78 is 25.3. The Bertz CT molecular complexity index is 846. The third-order valence-corrected chi connectivity index (χ3v) is 5.50. The van der Waals surface area contributed by atoms with Crippen LogP contribution in [-0.2, 0) is 14.9 Å². The van der Waals surface area contributed by atoms with Gasteiger partial charge in [0.2, 0.25) is 0 Å². The quantitative estimate of drug-likeness (QED) is 0.801. The average Bonchev–Trinajstić information content (AvgIpc) is 2.61. The summed E-state index contributed by atoms with van der Waals surface area (Å²) in [6.07, 6.45) is 0. The van der Waals surface area contributed by atoms with E-state index in [1.54, 1.807) is 6.07 Å². The van der Waals surface area contributed by atoms with Gasteiger partial charge in [-0.25, -0.2) is 8.42 Å². The first-order chi connectivity index (χ1) is 11.8. The number of carbonyl (C=O) groups is 1. The van der Waals surface area contributed by atoms with Crippen LogP contribution in [0.4, 0.5) is 5.69 Å². The van der Waals surface area contributed by atoms with E-state index in [4.69, 9.17) is 4.84 Å². The van der Waals surface area contributed by atoms with Crippen molar-refractivity contribution in [2.24, 2.45) is 0 Å². The van der Waals surface area contributed by atoms with Crippen LogP contribution in [0.15, 0.2) is 53.4 Å². The van der Waals surface area contributed by atoms with Gasteiger partial charge in [0, 0.05) is 18.3 Å². The van der Waals surface area contributed by atoms with Crippen molar-refractivity contribution in [1.29, 1.82) is 0 Å². The van der Waals surface area contributed by atoms with Crippen molar-refractivity contribution in [3.05, 3.63) is 59.7 Å². The van der Waals surface area contributed by atoms with E-state index in [0.717, 1.165) is 4.47 Å². The van der Waals surface area contributed by atoms with Gasteiger partial charge in [0.1, 0.15) is 0 Å². The summed E-state index contributed by atoms with van der Waals surface area (Å²) >= 11 is 0. The van der Waals surface area contributed by atoms with Crippen molar-refractivity contribution >= 4 is 21.6 Å². The van der Waals surface area contributed by atoms with E-state index in [9.17, 15) is 13.2 Å². The number of rotatable bonds is 6. The summed E-state index contributed by atoms with van der Waals surface area (Å²) in [4.78, 5) is 17.1. The number of hydrogen-bond donors (Lipinski definition) is 1. The van der Waals surface area contributed by atoms with E-state index in [-0.39, 0.29) is 16.4 Å². The first-order valence-electron chi connectivity index (χ1n) is 7.80. The molecule has 0 atom stereocenters. The van der Waals surface area contributed by atoms with Crippen LogP contribution in [0, 0.1) is 0 Å². The predicted octanol–water partition coefficient (Wildman–Crippen LogP) is 3.24. The van der Waals surface area contributed by atoms with Gasteiger partial charge in [-0.05, 0) is 41.8 Å². The smallest absolute Gasteiger partial charge is 0.264 e. The standard InChI is InChI=1S/C18H22N2O4S/c1-13(2)14-8-10-16(11-9-14)19-18(21)15-6-5-7-17(12-15)25(22,23)20(3)24-4/h5-13H,1-4H3,(H,19,21). The highest BCUT2D eigenvalue weighted by Gasteiger charge is 2.21. The fourth-order valence-corrected chi connectivity index (χ4v) is 3.22. The molecule has 2 rings (SSSR count). The van der Waals surface area contributed by atoms with Crippen LogP contribution in [-0.4, -0.2) is 33.0 Å². The molecular weight excluding hydrogens is 340 g/mol. The summed E-state index contributed by atoms with van der Waals surface area (Å²) in [7, 11) is -1.25. The number of carbonyl (C=O) groups excluding carboxylic acids is 1. The zero-order valence-electron chi connectivity index (χ0n) is 14.7. The van der Waals surface area contributed by atoms with Gasteiger partial charge in [-0.1, -0.05) is 36.5 Å². The Labute approximate surface area is 148 Å². The van der Waals surface area contributed by atoms with E-state index in [0.29, 0.717) is 11.6 Å². The summed E-state index contributed by atoms with van der Waals surface area (Å²) in [5.74, 6) is 0.0267. The predicted molar refractivity (Wildman–Crippen MR) is 96.9 cm³/mol. The number of nitrogens with one attached hydrogen (secondary N) is 1. The highest BCUT2D eigenvalue weighted by molar-refractivity contribution is 7.89. The van der Waals surface area contributed by atoms with Crippen LogP contribution >= 0.6 is 0 Å². The highest BCUT2D eigenvalue weighted by atomic mass is 32.2. The minimum atomic E-state index is -3.80. The first kappa shape index (κ1) is 19.1. The van der Waals surface area contributed by atoms with E-state index in [2.05, 4.69) is 19.2 Å². The Morgan fingerprint density at radius 1 is 1.12 bits per heavy atom. The monoisotopic (exact) mass is 362 g/mol. The van der Waals surface area contributed by atoms with Crippen LogP contribution in [0.25, 0.3) is 0 Å². The Kier molecular flexibility index (Phi) is 5.94. The van der Waals surface area contributed by atoms with E-state index >= 15 is 0 Å². The molecular formula is C18H22N2O4S. The third-order valence-electron chi connectivity index (χ3n) is 3.82. The lowest BCUT2D eigenvalue weighted by atomic mass is 10.0. The van der Waals surface area contributed by atoms with E-state index in [1.165, 1.54) is 37.9 Å². The van der Waals surface area contributed by atoms with Crippen LogP contribution in [0.1, 0.15) is 35.7 Å². The lowest BCUT2D eigenvalue weighted by Crippen LogP contribution is -2.26. The minimum absolute atomic E-state index is 0.0142. The Morgan fingerprint density at radius 2 is 1.76 bits per heavy atom. The van der Waals surface area contributed by atoms with Crippen molar-refractivity contribution in [3.8, 4) is 0 Å². The molecule has 0 heterocycles. The van der Waals surface area contributed by atoms with Crippen LogP contribution in [0.2, 0.25) is 0 Å². The minimum Gasteiger partial charge on any atom is -0.322 e. The molecule has 134 valence electrons. The van der Waals surface area contributed by atoms with Gasteiger partial charge in [-0.15, -0.1) is 0 Å². The molecule has 6 nitrogen and oxygen atoms in total. The fourth-order valence-electron chi connectivity index (χ4n) is 2.20.